The van der Waals surface area contributed by atoms with Gasteiger partial charge >= 0.3 is 0 Å². The Hall–Kier alpha value is -5.02. The van der Waals surface area contributed by atoms with Gasteiger partial charge in [-0.25, -0.2) is 13.4 Å². The number of nitrogens with two attached hydrogens (primary N) is 1. The molecule has 3 aliphatic heterocycles. The molecule has 2 aromatic carbocycles. The van der Waals surface area contributed by atoms with Gasteiger partial charge in [0.25, 0.3) is 5.91 Å². The zero-order valence-electron chi connectivity index (χ0n) is 35.3. The molecule has 326 valence electrons. The Morgan fingerprint density at radius 2 is 1.80 bits per heavy atom. The van der Waals surface area contributed by atoms with Gasteiger partial charge in [0.1, 0.15) is 29.2 Å². The highest BCUT2D eigenvalue weighted by Crippen LogP contribution is 2.46. The quantitative estimate of drug-likeness (QED) is 0.238. The minimum absolute atomic E-state index is 0.00246. The standard InChI is InChI=1S/C46H58N6O8S/c1-45(2,47)32-20-21-51(27-32)41(53)22-30-14-8-5-4-6-11-15-31-26-46(31,44(56)50-61(57,58)35-17-18-35)49-42(54)39-24-34(28-52(39)43(30)55)60-40-25-37(29-12-9-7-10-13-29)48-38-23-33(59-3)16-19-36(38)40/h7,9-13,15-16,19,23,25,30-32,34-35,39H,4-6,8,14,17-18,20-22,24,26-28,47H2,1-3H3,(H,49,54)(H,50,56)/b15-11-/t30-,31+,32-,34-,39+,46+/m1/s1. The number of sulfonamides is 1. The largest absolute Gasteiger partial charge is 0.497 e. The predicted octanol–water partition coefficient (Wildman–Crippen LogP) is 4.85. The highest BCUT2D eigenvalue weighted by atomic mass is 32.2. The van der Waals surface area contributed by atoms with Crippen LogP contribution in [0.2, 0.25) is 0 Å². The van der Waals surface area contributed by atoms with E-state index in [1.54, 1.807) is 7.11 Å². The lowest BCUT2D eigenvalue weighted by Crippen LogP contribution is -2.57. The van der Waals surface area contributed by atoms with Gasteiger partial charge in [0.15, 0.2) is 0 Å². The molecule has 0 unspecified atom stereocenters. The fraction of sp³-hybridized carbons (Fsp3) is 0.543. The van der Waals surface area contributed by atoms with Crippen molar-refractivity contribution in [2.24, 2.45) is 23.5 Å². The summed E-state index contributed by atoms with van der Waals surface area (Å²) in [7, 11) is -2.31. The second kappa shape index (κ2) is 17.0. The summed E-state index contributed by atoms with van der Waals surface area (Å²) in [6.45, 7) is 5.09. The molecule has 0 radical (unpaired) electrons. The number of hydrogen-bond acceptors (Lipinski definition) is 10. The number of amides is 4. The number of rotatable bonds is 10. The van der Waals surface area contributed by atoms with Crippen LogP contribution in [-0.2, 0) is 29.2 Å². The summed E-state index contributed by atoms with van der Waals surface area (Å²) >= 11 is 0. The first-order valence-corrected chi connectivity index (χ1v) is 23.3. The molecule has 3 aromatic rings. The smallest absolute Gasteiger partial charge is 0.259 e. The number of carbonyl (C=O) groups excluding carboxylic acids is 4. The van der Waals surface area contributed by atoms with Crippen molar-refractivity contribution >= 4 is 44.6 Å². The summed E-state index contributed by atoms with van der Waals surface area (Å²) in [6, 6.07) is 16.0. The van der Waals surface area contributed by atoms with Gasteiger partial charge in [-0.2, -0.15) is 0 Å². The summed E-state index contributed by atoms with van der Waals surface area (Å²) in [5.41, 5.74) is 6.67. The summed E-state index contributed by atoms with van der Waals surface area (Å²) < 4.78 is 40.5. The lowest BCUT2D eigenvalue weighted by atomic mass is 9.88. The fourth-order valence-corrected chi connectivity index (χ4v) is 10.6. The first-order valence-electron chi connectivity index (χ1n) is 21.8. The van der Waals surface area contributed by atoms with Gasteiger partial charge < -0.3 is 30.3 Å². The van der Waals surface area contributed by atoms with Crippen molar-refractivity contribution in [3.63, 3.8) is 0 Å². The maximum Gasteiger partial charge on any atom is 0.259 e. The van der Waals surface area contributed by atoms with Crippen LogP contribution in [0.25, 0.3) is 22.2 Å². The summed E-state index contributed by atoms with van der Waals surface area (Å²) in [5, 5.41) is 3.05. The molecule has 15 heteroatoms. The number of allylic oxidation sites excluding steroid dienone is 1. The van der Waals surface area contributed by atoms with Crippen LogP contribution in [0.5, 0.6) is 11.5 Å². The molecule has 2 saturated heterocycles. The van der Waals surface area contributed by atoms with E-state index < -0.39 is 62.1 Å². The van der Waals surface area contributed by atoms with E-state index in [0.29, 0.717) is 66.9 Å². The van der Waals surface area contributed by atoms with Crippen molar-refractivity contribution in [3.05, 3.63) is 66.7 Å². The van der Waals surface area contributed by atoms with Gasteiger partial charge in [-0.1, -0.05) is 55.3 Å². The van der Waals surface area contributed by atoms with E-state index in [4.69, 9.17) is 20.2 Å². The molecule has 5 aliphatic rings. The number of fused-ring (bicyclic) bond motifs is 3. The van der Waals surface area contributed by atoms with Crippen molar-refractivity contribution in [2.45, 2.75) is 113 Å². The average Bonchev–Trinajstić information content (AvgIpc) is 4.11. The van der Waals surface area contributed by atoms with Crippen molar-refractivity contribution < 1.29 is 37.1 Å². The zero-order chi connectivity index (χ0) is 43.1. The van der Waals surface area contributed by atoms with E-state index in [9.17, 15) is 27.6 Å². The van der Waals surface area contributed by atoms with Crippen LogP contribution < -0.4 is 25.2 Å². The Balaban J connectivity index is 1.12. The van der Waals surface area contributed by atoms with Gasteiger partial charge in [0, 0.05) is 66.4 Å². The van der Waals surface area contributed by atoms with Crippen LogP contribution in [0.15, 0.2) is 66.7 Å². The minimum atomic E-state index is -3.90. The van der Waals surface area contributed by atoms with E-state index in [2.05, 4.69) is 10.0 Å². The van der Waals surface area contributed by atoms with E-state index in [0.717, 1.165) is 31.2 Å². The van der Waals surface area contributed by atoms with Crippen LogP contribution in [0.4, 0.5) is 0 Å². The average molecular weight is 855 g/mol. The van der Waals surface area contributed by atoms with Crippen molar-refractivity contribution in [3.8, 4) is 22.8 Å². The molecule has 2 saturated carbocycles. The first-order chi connectivity index (χ1) is 29.1. The highest BCUT2D eigenvalue weighted by molar-refractivity contribution is 7.91. The third kappa shape index (κ3) is 9.28. The fourth-order valence-electron chi connectivity index (χ4n) is 9.25. The molecule has 4 N–H and O–H groups in total. The van der Waals surface area contributed by atoms with Gasteiger partial charge in [0.2, 0.25) is 27.7 Å². The minimum Gasteiger partial charge on any atom is -0.497 e. The Kier molecular flexibility index (Phi) is 11.9. The van der Waals surface area contributed by atoms with Crippen LogP contribution >= 0.6 is 0 Å². The molecular weight excluding hydrogens is 797 g/mol. The molecule has 2 aliphatic carbocycles. The number of ether oxygens (including phenoxy) is 2. The molecule has 6 atom stereocenters. The molecule has 14 nitrogen and oxygen atoms in total. The molecule has 0 spiro atoms. The lowest BCUT2D eigenvalue weighted by molar-refractivity contribution is -0.145. The highest BCUT2D eigenvalue weighted by Gasteiger charge is 2.62. The van der Waals surface area contributed by atoms with E-state index >= 15 is 0 Å². The maximum atomic E-state index is 15.0. The van der Waals surface area contributed by atoms with Gasteiger partial charge in [-0.15, -0.1) is 0 Å². The van der Waals surface area contributed by atoms with E-state index in [1.807, 2.05) is 85.5 Å². The molecule has 4 fully saturated rings. The number of aromatic nitrogens is 1. The van der Waals surface area contributed by atoms with Gasteiger partial charge in [0.05, 0.1) is 30.1 Å². The first kappa shape index (κ1) is 42.7. The van der Waals surface area contributed by atoms with Crippen molar-refractivity contribution in [1.82, 2.24) is 24.8 Å². The van der Waals surface area contributed by atoms with Gasteiger partial charge in [-0.3, -0.25) is 23.9 Å². The normalized spacial score (nSPS) is 27.9. The van der Waals surface area contributed by atoms with Crippen LogP contribution in [0.1, 0.15) is 84.5 Å². The second-order valence-electron chi connectivity index (χ2n) is 18.3. The Morgan fingerprint density at radius 1 is 1.02 bits per heavy atom. The lowest BCUT2D eigenvalue weighted by Gasteiger charge is -2.30. The van der Waals surface area contributed by atoms with Crippen LogP contribution in [-0.4, -0.2) is 102 Å². The van der Waals surface area contributed by atoms with Gasteiger partial charge in [-0.05, 0) is 76.8 Å². The molecular formula is C46H58N6O8S. The number of likely N-dealkylation sites (tertiary alicyclic amines) is 1. The maximum absolute atomic E-state index is 15.0. The number of pyridine rings is 1. The van der Waals surface area contributed by atoms with E-state index in [1.165, 1.54) is 4.90 Å². The number of hydrogen-bond donors (Lipinski definition) is 3. The molecule has 0 bridgehead atoms. The number of carbonyl (C=O) groups is 4. The molecule has 4 amide bonds. The number of benzene rings is 2. The zero-order valence-corrected chi connectivity index (χ0v) is 36.1. The monoisotopic (exact) mass is 854 g/mol. The Morgan fingerprint density at radius 3 is 2.52 bits per heavy atom. The number of methoxy groups -OCH3 is 1. The number of nitrogens with one attached hydrogen (secondary N) is 2. The van der Waals surface area contributed by atoms with Crippen LogP contribution in [0, 0.1) is 17.8 Å². The Bertz CT molecular complexity index is 2310. The van der Waals surface area contributed by atoms with Crippen molar-refractivity contribution in [1.29, 1.82) is 0 Å². The molecule has 4 heterocycles. The predicted molar refractivity (Wildman–Crippen MR) is 231 cm³/mol. The van der Waals surface area contributed by atoms with Crippen molar-refractivity contribution in [2.75, 3.05) is 26.7 Å². The molecule has 8 rings (SSSR count). The Labute approximate surface area is 358 Å². The molecule has 1 aromatic heterocycles. The number of nitrogens with zero attached hydrogens (tertiary/aromatic N) is 3. The third-order valence-corrected chi connectivity index (χ3v) is 15.1. The molecule has 61 heavy (non-hydrogen) atoms. The summed E-state index contributed by atoms with van der Waals surface area (Å²) in [4.78, 5) is 65.8. The van der Waals surface area contributed by atoms with E-state index in [-0.39, 0.29) is 43.5 Å². The van der Waals surface area contributed by atoms with Crippen LogP contribution in [0.3, 0.4) is 0 Å². The SMILES string of the molecule is COc1ccc2c(O[C@@H]3C[C@H]4C(=O)N[C@@]5(C(=O)NS(=O)(=O)C6CC6)C[C@@H]5/C=C\CCCCC[C@H](CC(=O)N5CC[C@@H](C(C)(C)N)C5)C(=O)N4C3)cc(-c3ccccc3)nc2c1. The second-order valence-corrected chi connectivity index (χ2v) is 20.3. The topological polar surface area (TPSA) is 190 Å². The summed E-state index contributed by atoms with van der Waals surface area (Å²) in [6.07, 6.45) is 8.84. The summed E-state index contributed by atoms with van der Waals surface area (Å²) in [5.74, 6) is -1.61. The third-order valence-electron chi connectivity index (χ3n) is 13.3.